The van der Waals surface area contributed by atoms with Crippen molar-refractivity contribution in [2.24, 2.45) is 0 Å². The van der Waals surface area contributed by atoms with Gasteiger partial charge in [0.05, 0.1) is 5.25 Å². The molecule has 0 aromatic carbocycles. The summed E-state index contributed by atoms with van der Waals surface area (Å²) < 4.78 is 31.6. The van der Waals surface area contributed by atoms with Gasteiger partial charge in [-0.25, -0.2) is 8.60 Å². The van der Waals surface area contributed by atoms with Crippen LogP contribution in [0.15, 0.2) is 0 Å². The van der Waals surface area contributed by atoms with Crippen LogP contribution in [0.5, 0.6) is 0 Å². The van der Waals surface area contributed by atoms with Gasteiger partial charge >= 0.3 is 0 Å². The molecule has 4 heteroatoms. The number of hydrogen-bond donors (Lipinski definition) is 1. The van der Waals surface area contributed by atoms with Crippen LogP contribution in [0.25, 0.3) is 0 Å². The molecule has 0 aliphatic heterocycles. The predicted octanol–water partition coefficient (Wildman–Crippen LogP) is 1.49. The van der Waals surface area contributed by atoms with Crippen LogP contribution in [0.2, 0.25) is 0 Å². The summed E-state index contributed by atoms with van der Waals surface area (Å²) in [6.07, 6.45) is 1.42. The van der Waals surface area contributed by atoms with E-state index in [-0.39, 0.29) is 11.7 Å². The van der Waals surface area contributed by atoms with Crippen molar-refractivity contribution in [3.8, 4) is 0 Å². The summed E-state index contributed by atoms with van der Waals surface area (Å²) in [5.74, 6) is 0. The van der Waals surface area contributed by atoms with E-state index in [0.29, 0.717) is 12.8 Å². The highest BCUT2D eigenvalue weighted by atomic mass is 32.2. The molecule has 60 valence electrons. The zero-order valence-corrected chi connectivity index (χ0v) is 6.44. The topological polar surface area (TPSA) is 37.3 Å². The maximum Gasteiger partial charge on any atom is 0.156 e. The first-order chi connectivity index (χ1) is 4.70. The van der Waals surface area contributed by atoms with Gasteiger partial charge in [0.25, 0.3) is 0 Å². The summed E-state index contributed by atoms with van der Waals surface area (Å²) in [5, 5.41) is -0.316. The van der Waals surface area contributed by atoms with Gasteiger partial charge in [-0.15, -0.1) is 0 Å². The van der Waals surface area contributed by atoms with Crippen LogP contribution in [0.4, 0.5) is 4.39 Å². The van der Waals surface area contributed by atoms with E-state index in [0.717, 1.165) is 6.42 Å². The molecule has 2 nitrogen and oxygen atoms in total. The molecule has 1 saturated carbocycles. The average molecular weight is 166 g/mol. The Morgan fingerprint density at radius 1 is 1.50 bits per heavy atom. The molecule has 0 bridgehead atoms. The third-order valence-electron chi connectivity index (χ3n) is 1.85. The smallest absolute Gasteiger partial charge is 0.156 e. The maximum atomic E-state index is 12.5. The molecule has 1 N–H and O–H groups in total. The Balaban J connectivity index is 2.39. The molecule has 0 aromatic heterocycles. The predicted molar refractivity (Wildman–Crippen MR) is 37.9 cm³/mol. The molecule has 1 fully saturated rings. The first-order valence-electron chi connectivity index (χ1n) is 3.44. The molecule has 0 aromatic rings. The lowest BCUT2D eigenvalue weighted by Gasteiger charge is -2.20. The molecule has 0 amide bonds. The van der Waals surface area contributed by atoms with Crippen molar-refractivity contribution in [2.45, 2.75) is 37.1 Å². The van der Waals surface area contributed by atoms with Gasteiger partial charge in [-0.3, -0.25) is 0 Å². The van der Waals surface area contributed by atoms with Gasteiger partial charge in [0.2, 0.25) is 0 Å². The van der Waals surface area contributed by atoms with Crippen molar-refractivity contribution in [3.05, 3.63) is 0 Å². The van der Waals surface area contributed by atoms with E-state index >= 15 is 0 Å². The number of rotatable bonds is 1. The van der Waals surface area contributed by atoms with Crippen LogP contribution in [0.3, 0.4) is 0 Å². The second-order valence-corrected chi connectivity index (χ2v) is 3.88. The minimum absolute atomic E-state index is 0.267. The minimum Gasteiger partial charge on any atom is -0.306 e. The Morgan fingerprint density at radius 3 is 2.60 bits per heavy atom. The van der Waals surface area contributed by atoms with E-state index in [2.05, 4.69) is 0 Å². The first kappa shape index (κ1) is 8.14. The standard InChI is InChI=1S/C6H11FO2S/c7-5-2-1-3-6(4-5)10(8)9/h5-6H,1-4H2,(H,8,9). The molecular weight excluding hydrogens is 155 g/mol. The average Bonchev–Trinajstić information content (AvgIpc) is 1.88. The summed E-state index contributed by atoms with van der Waals surface area (Å²) in [6, 6.07) is 0. The molecule has 1 aliphatic carbocycles. The lowest BCUT2D eigenvalue weighted by molar-refractivity contribution is 0.251. The van der Waals surface area contributed by atoms with Crippen molar-refractivity contribution in [2.75, 3.05) is 0 Å². The zero-order valence-electron chi connectivity index (χ0n) is 5.62. The molecule has 0 saturated heterocycles. The van der Waals surface area contributed by atoms with E-state index in [1.54, 1.807) is 0 Å². The fraction of sp³-hybridized carbons (Fsp3) is 1.00. The van der Waals surface area contributed by atoms with E-state index < -0.39 is 17.3 Å². The largest absolute Gasteiger partial charge is 0.306 e. The Morgan fingerprint density at radius 2 is 2.20 bits per heavy atom. The van der Waals surface area contributed by atoms with Crippen molar-refractivity contribution >= 4 is 11.1 Å². The van der Waals surface area contributed by atoms with Crippen LogP contribution in [-0.4, -0.2) is 20.2 Å². The van der Waals surface area contributed by atoms with Gasteiger partial charge < -0.3 is 4.55 Å². The molecule has 0 heterocycles. The third kappa shape index (κ3) is 2.02. The fourth-order valence-electron chi connectivity index (χ4n) is 1.27. The molecule has 3 unspecified atom stereocenters. The Hall–Kier alpha value is 0.0400. The van der Waals surface area contributed by atoms with Crippen LogP contribution in [0.1, 0.15) is 25.7 Å². The van der Waals surface area contributed by atoms with E-state index in [1.165, 1.54) is 0 Å². The zero-order chi connectivity index (χ0) is 7.56. The lowest BCUT2D eigenvalue weighted by Crippen LogP contribution is -2.24. The van der Waals surface area contributed by atoms with E-state index in [9.17, 15) is 8.60 Å². The number of halogens is 1. The van der Waals surface area contributed by atoms with Crippen molar-refractivity contribution < 1.29 is 13.2 Å². The van der Waals surface area contributed by atoms with E-state index in [1.807, 2.05) is 0 Å². The fourth-order valence-corrected chi connectivity index (χ4v) is 2.01. The third-order valence-corrected chi connectivity index (χ3v) is 2.85. The summed E-state index contributed by atoms with van der Waals surface area (Å²) in [5.41, 5.74) is 0. The van der Waals surface area contributed by atoms with Crippen molar-refractivity contribution in [3.63, 3.8) is 0 Å². The van der Waals surface area contributed by atoms with Crippen molar-refractivity contribution in [1.82, 2.24) is 0 Å². The van der Waals surface area contributed by atoms with Gasteiger partial charge in [-0.1, -0.05) is 0 Å². The normalized spacial score (nSPS) is 37.4. The molecule has 10 heavy (non-hydrogen) atoms. The number of alkyl halides is 1. The van der Waals surface area contributed by atoms with Crippen molar-refractivity contribution in [1.29, 1.82) is 0 Å². The highest BCUT2D eigenvalue weighted by molar-refractivity contribution is 7.79. The molecule has 1 aliphatic rings. The summed E-state index contributed by atoms with van der Waals surface area (Å²) >= 11 is -1.81. The van der Waals surface area contributed by atoms with E-state index in [4.69, 9.17) is 4.55 Å². The Bertz CT molecular complexity index is 140. The lowest BCUT2D eigenvalue weighted by atomic mass is 9.99. The molecule has 0 radical (unpaired) electrons. The van der Waals surface area contributed by atoms with Crippen LogP contribution < -0.4 is 0 Å². The second kappa shape index (κ2) is 3.44. The minimum atomic E-state index is -1.81. The SMILES string of the molecule is O=S(O)C1CCCC(F)C1. The summed E-state index contributed by atoms with van der Waals surface area (Å²) in [4.78, 5) is 0. The quantitative estimate of drug-likeness (QED) is 0.599. The van der Waals surface area contributed by atoms with Crippen LogP contribution >= 0.6 is 0 Å². The van der Waals surface area contributed by atoms with Gasteiger partial charge in [0, 0.05) is 0 Å². The Kier molecular flexibility index (Phi) is 2.80. The highest BCUT2D eigenvalue weighted by Crippen LogP contribution is 2.23. The maximum absolute atomic E-state index is 12.5. The molecule has 0 spiro atoms. The summed E-state index contributed by atoms with van der Waals surface area (Å²) in [6.45, 7) is 0. The highest BCUT2D eigenvalue weighted by Gasteiger charge is 2.24. The molecular formula is C6H11FO2S. The van der Waals surface area contributed by atoms with Gasteiger partial charge in [0.15, 0.2) is 11.1 Å². The Labute approximate surface area is 62.1 Å². The monoisotopic (exact) mass is 166 g/mol. The molecule has 1 rings (SSSR count). The van der Waals surface area contributed by atoms with Crippen LogP contribution in [0, 0.1) is 0 Å². The molecule has 3 atom stereocenters. The van der Waals surface area contributed by atoms with Gasteiger partial charge in [-0.2, -0.15) is 0 Å². The first-order valence-corrected chi connectivity index (χ1v) is 4.61. The number of hydrogen-bond acceptors (Lipinski definition) is 1. The van der Waals surface area contributed by atoms with Crippen LogP contribution in [-0.2, 0) is 11.1 Å². The second-order valence-electron chi connectivity index (χ2n) is 2.66. The van der Waals surface area contributed by atoms with Gasteiger partial charge in [0.1, 0.15) is 6.17 Å². The van der Waals surface area contributed by atoms with Gasteiger partial charge in [-0.05, 0) is 25.7 Å². The summed E-state index contributed by atoms with van der Waals surface area (Å²) in [7, 11) is 0.